The SMILES string of the molecule is CCCNC(C)c1cccc(OC2CS(=O)(=O)CC2O)c1. The average molecular weight is 313 g/mol. The lowest BCUT2D eigenvalue weighted by Gasteiger charge is -2.18. The van der Waals surface area contributed by atoms with Gasteiger partial charge in [-0.15, -0.1) is 0 Å². The van der Waals surface area contributed by atoms with Crippen LogP contribution in [-0.4, -0.2) is 43.8 Å². The van der Waals surface area contributed by atoms with Crippen molar-refractivity contribution in [1.82, 2.24) is 5.32 Å². The number of benzene rings is 1. The maximum atomic E-state index is 11.5. The van der Waals surface area contributed by atoms with E-state index in [1.54, 1.807) is 6.07 Å². The highest BCUT2D eigenvalue weighted by atomic mass is 32.2. The van der Waals surface area contributed by atoms with Crippen molar-refractivity contribution in [3.8, 4) is 5.75 Å². The van der Waals surface area contributed by atoms with Gasteiger partial charge >= 0.3 is 0 Å². The molecule has 1 aliphatic heterocycles. The van der Waals surface area contributed by atoms with Crippen molar-refractivity contribution in [2.75, 3.05) is 18.1 Å². The van der Waals surface area contributed by atoms with Gasteiger partial charge in [0.2, 0.25) is 0 Å². The number of rotatable bonds is 6. The van der Waals surface area contributed by atoms with E-state index in [9.17, 15) is 13.5 Å². The summed E-state index contributed by atoms with van der Waals surface area (Å²) in [7, 11) is -3.19. The van der Waals surface area contributed by atoms with Crippen LogP contribution in [-0.2, 0) is 9.84 Å². The quantitative estimate of drug-likeness (QED) is 0.827. The molecule has 1 heterocycles. The number of aliphatic hydroxyl groups is 1. The summed E-state index contributed by atoms with van der Waals surface area (Å²) in [6, 6.07) is 7.76. The second-order valence-corrected chi connectivity index (χ2v) is 7.70. The largest absolute Gasteiger partial charge is 0.487 e. The summed E-state index contributed by atoms with van der Waals surface area (Å²) in [6.45, 7) is 5.12. The Balaban J connectivity index is 2.04. The van der Waals surface area contributed by atoms with Gasteiger partial charge in [0.25, 0.3) is 0 Å². The highest BCUT2D eigenvalue weighted by Crippen LogP contribution is 2.23. The zero-order valence-electron chi connectivity index (χ0n) is 12.5. The number of hydrogen-bond acceptors (Lipinski definition) is 5. The molecule has 0 aromatic heterocycles. The van der Waals surface area contributed by atoms with Crippen molar-refractivity contribution in [1.29, 1.82) is 0 Å². The van der Waals surface area contributed by atoms with Gasteiger partial charge in [0.1, 0.15) is 18.0 Å². The number of ether oxygens (including phenoxy) is 1. The molecule has 0 spiro atoms. The molecule has 2 N–H and O–H groups in total. The van der Waals surface area contributed by atoms with Crippen LogP contribution in [0.3, 0.4) is 0 Å². The van der Waals surface area contributed by atoms with Gasteiger partial charge in [0.05, 0.1) is 11.5 Å². The van der Waals surface area contributed by atoms with Crippen LogP contribution in [0.2, 0.25) is 0 Å². The predicted molar refractivity (Wildman–Crippen MR) is 82.2 cm³/mol. The lowest BCUT2D eigenvalue weighted by atomic mass is 10.1. The van der Waals surface area contributed by atoms with E-state index in [0.717, 1.165) is 18.5 Å². The van der Waals surface area contributed by atoms with Crippen molar-refractivity contribution in [2.45, 2.75) is 38.5 Å². The first-order valence-electron chi connectivity index (χ1n) is 7.30. The number of hydrogen-bond donors (Lipinski definition) is 2. The zero-order chi connectivity index (χ0) is 15.5. The van der Waals surface area contributed by atoms with Crippen LogP contribution >= 0.6 is 0 Å². The topological polar surface area (TPSA) is 75.6 Å². The van der Waals surface area contributed by atoms with Crippen LogP contribution < -0.4 is 10.1 Å². The highest BCUT2D eigenvalue weighted by molar-refractivity contribution is 7.91. The minimum atomic E-state index is -3.19. The number of sulfone groups is 1. The van der Waals surface area contributed by atoms with Crippen molar-refractivity contribution >= 4 is 9.84 Å². The Morgan fingerprint density at radius 3 is 2.81 bits per heavy atom. The third-order valence-corrected chi connectivity index (χ3v) is 5.30. The average Bonchev–Trinajstić information content (AvgIpc) is 2.69. The van der Waals surface area contributed by atoms with E-state index in [2.05, 4.69) is 19.2 Å². The second-order valence-electron chi connectivity index (χ2n) is 5.55. The van der Waals surface area contributed by atoms with E-state index in [4.69, 9.17) is 4.74 Å². The van der Waals surface area contributed by atoms with Gasteiger partial charge in [-0.25, -0.2) is 8.42 Å². The third kappa shape index (κ3) is 4.43. The minimum absolute atomic E-state index is 0.123. The van der Waals surface area contributed by atoms with E-state index in [0.29, 0.717) is 5.75 Å². The lowest BCUT2D eigenvalue weighted by Crippen LogP contribution is -2.29. The van der Waals surface area contributed by atoms with Crippen molar-refractivity contribution < 1.29 is 18.3 Å². The van der Waals surface area contributed by atoms with E-state index in [-0.39, 0.29) is 17.5 Å². The van der Waals surface area contributed by atoms with E-state index >= 15 is 0 Å². The predicted octanol–water partition coefficient (Wildman–Crippen LogP) is 1.28. The second kappa shape index (κ2) is 6.77. The first kappa shape index (κ1) is 16.3. The molecule has 1 aromatic rings. The smallest absolute Gasteiger partial charge is 0.156 e. The fourth-order valence-electron chi connectivity index (χ4n) is 2.42. The summed E-state index contributed by atoms with van der Waals surface area (Å²) in [5, 5.41) is 13.2. The van der Waals surface area contributed by atoms with Crippen LogP contribution in [0.15, 0.2) is 24.3 Å². The van der Waals surface area contributed by atoms with Gasteiger partial charge in [-0.05, 0) is 37.6 Å². The Morgan fingerprint density at radius 1 is 1.43 bits per heavy atom. The molecule has 5 nitrogen and oxygen atoms in total. The summed E-state index contributed by atoms with van der Waals surface area (Å²) in [5.41, 5.74) is 1.08. The fourth-order valence-corrected chi connectivity index (χ4v) is 4.08. The fraction of sp³-hybridized carbons (Fsp3) is 0.600. The van der Waals surface area contributed by atoms with Crippen LogP contribution in [0.25, 0.3) is 0 Å². The molecule has 118 valence electrons. The first-order valence-corrected chi connectivity index (χ1v) is 9.12. The van der Waals surface area contributed by atoms with E-state index in [1.165, 1.54) is 0 Å². The Labute approximate surface area is 126 Å². The molecule has 21 heavy (non-hydrogen) atoms. The monoisotopic (exact) mass is 313 g/mol. The van der Waals surface area contributed by atoms with Crippen LogP contribution in [0.5, 0.6) is 5.75 Å². The van der Waals surface area contributed by atoms with Crippen LogP contribution in [0.1, 0.15) is 31.9 Å². The molecular formula is C15H23NO4S. The van der Waals surface area contributed by atoms with Gasteiger partial charge in [0, 0.05) is 6.04 Å². The van der Waals surface area contributed by atoms with Crippen LogP contribution in [0.4, 0.5) is 0 Å². The summed E-state index contributed by atoms with van der Waals surface area (Å²) in [4.78, 5) is 0. The Kier molecular flexibility index (Phi) is 5.24. The van der Waals surface area contributed by atoms with Crippen molar-refractivity contribution in [2.24, 2.45) is 0 Å². The Hall–Kier alpha value is -1.11. The lowest BCUT2D eigenvalue weighted by molar-refractivity contribution is 0.0737. The molecule has 3 unspecified atom stereocenters. The molecule has 3 atom stereocenters. The van der Waals surface area contributed by atoms with Gasteiger partial charge in [-0.3, -0.25) is 0 Å². The molecule has 0 saturated carbocycles. The number of aliphatic hydroxyl groups excluding tert-OH is 1. The van der Waals surface area contributed by atoms with Gasteiger partial charge in [-0.1, -0.05) is 19.1 Å². The standard InChI is InChI=1S/C15H23NO4S/c1-3-7-16-11(2)12-5-4-6-13(8-12)20-15-10-21(18,19)9-14(15)17/h4-6,8,11,14-17H,3,7,9-10H2,1-2H3. The third-order valence-electron chi connectivity index (χ3n) is 3.62. The maximum absolute atomic E-state index is 11.5. The van der Waals surface area contributed by atoms with Gasteiger partial charge in [-0.2, -0.15) is 0 Å². The van der Waals surface area contributed by atoms with Gasteiger partial charge < -0.3 is 15.2 Å². The molecule has 0 aliphatic carbocycles. The van der Waals surface area contributed by atoms with E-state index < -0.39 is 22.0 Å². The summed E-state index contributed by atoms with van der Waals surface area (Å²) in [6.07, 6.45) is -0.564. The first-order chi connectivity index (χ1) is 9.91. The molecule has 0 radical (unpaired) electrons. The molecule has 0 bridgehead atoms. The maximum Gasteiger partial charge on any atom is 0.156 e. The molecule has 0 amide bonds. The molecule has 2 rings (SSSR count). The minimum Gasteiger partial charge on any atom is -0.487 e. The molecule has 1 aliphatic rings. The summed E-state index contributed by atoms with van der Waals surface area (Å²) in [5.74, 6) is 0.257. The van der Waals surface area contributed by atoms with Crippen LogP contribution in [0, 0.1) is 0 Å². The highest BCUT2D eigenvalue weighted by Gasteiger charge is 2.38. The molecule has 1 saturated heterocycles. The molecule has 6 heteroatoms. The molecule has 1 aromatic carbocycles. The molecular weight excluding hydrogens is 290 g/mol. The zero-order valence-corrected chi connectivity index (χ0v) is 13.3. The normalized spacial score (nSPS) is 25.7. The van der Waals surface area contributed by atoms with Gasteiger partial charge in [0.15, 0.2) is 9.84 Å². The molecule has 1 fully saturated rings. The Bertz CT molecular complexity index is 573. The van der Waals surface area contributed by atoms with Crippen molar-refractivity contribution in [3.63, 3.8) is 0 Å². The Morgan fingerprint density at radius 2 is 2.19 bits per heavy atom. The van der Waals surface area contributed by atoms with E-state index in [1.807, 2.05) is 18.2 Å². The number of nitrogens with one attached hydrogen (secondary N) is 1. The summed E-state index contributed by atoms with van der Waals surface area (Å²) < 4.78 is 28.6. The summed E-state index contributed by atoms with van der Waals surface area (Å²) >= 11 is 0. The van der Waals surface area contributed by atoms with Crippen molar-refractivity contribution in [3.05, 3.63) is 29.8 Å².